The van der Waals surface area contributed by atoms with Crippen LogP contribution < -0.4 is 0 Å². The van der Waals surface area contributed by atoms with Crippen LogP contribution in [0.1, 0.15) is 24.0 Å². The minimum Gasteiger partial charge on any atom is -0.393 e. The molecule has 2 heteroatoms. The maximum atomic E-state index is 9.98. The zero-order valence-corrected chi connectivity index (χ0v) is 12.1. The Morgan fingerprint density at radius 2 is 1.48 bits per heavy atom. The molecular weight excluding hydrogens is 260 g/mol. The predicted octanol–water partition coefficient (Wildman–Crippen LogP) is 3.44. The molecule has 2 nitrogen and oxygen atoms in total. The van der Waals surface area contributed by atoms with Crippen molar-refractivity contribution in [2.45, 2.75) is 31.5 Å². The SMILES string of the molecule is OC(/C=C/c1ccccc1)CC(O)CCc1ccccc1. The summed E-state index contributed by atoms with van der Waals surface area (Å²) >= 11 is 0. The molecule has 0 saturated heterocycles. The molecule has 0 radical (unpaired) electrons. The van der Waals surface area contributed by atoms with Crippen molar-refractivity contribution in [3.8, 4) is 0 Å². The number of hydrogen-bond donors (Lipinski definition) is 2. The fraction of sp³-hybridized carbons (Fsp3) is 0.263. The summed E-state index contributed by atoms with van der Waals surface area (Å²) in [6, 6.07) is 19.9. The third kappa shape index (κ3) is 5.94. The van der Waals surface area contributed by atoms with Crippen LogP contribution in [0.25, 0.3) is 6.08 Å². The molecule has 110 valence electrons. The lowest BCUT2D eigenvalue weighted by atomic mass is 10.0. The van der Waals surface area contributed by atoms with Gasteiger partial charge in [-0.15, -0.1) is 0 Å². The van der Waals surface area contributed by atoms with Gasteiger partial charge in [0.2, 0.25) is 0 Å². The summed E-state index contributed by atoms with van der Waals surface area (Å²) in [6.45, 7) is 0. The Bertz CT molecular complexity index is 534. The number of rotatable bonds is 7. The Labute approximate surface area is 126 Å². The van der Waals surface area contributed by atoms with Crippen molar-refractivity contribution in [2.75, 3.05) is 0 Å². The summed E-state index contributed by atoms with van der Waals surface area (Å²) in [4.78, 5) is 0. The number of aliphatic hydroxyl groups excluding tert-OH is 2. The van der Waals surface area contributed by atoms with Gasteiger partial charge in [0.05, 0.1) is 12.2 Å². The Kier molecular flexibility index (Phi) is 6.20. The molecule has 0 spiro atoms. The van der Waals surface area contributed by atoms with Gasteiger partial charge in [0.25, 0.3) is 0 Å². The minimum absolute atomic E-state index is 0.371. The van der Waals surface area contributed by atoms with Crippen LogP contribution in [0.2, 0.25) is 0 Å². The number of benzene rings is 2. The fourth-order valence-electron chi connectivity index (χ4n) is 2.24. The molecule has 0 aromatic heterocycles. The van der Waals surface area contributed by atoms with Gasteiger partial charge in [-0.1, -0.05) is 72.8 Å². The van der Waals surface area contributed by atoms with Gasteiger partial charge in [0.15, 0.2) is 0 Å². The van der Waals surface area contributed by atoms with Gasteiger partial charge in [0.1, 0.15) is 0 Å². The molecule has 0 aliphatic rings. The third-order valence-corrected chi connectivity index (χ3v) is 3.43. The van der Waals surface area contributed by atoms with Crippen molar-refractivity contribution in [2.24, 2.45) is 0 Å². The van der Waals surface area contributed by atoms with E-state index in [2.05, 4.69) is 12.1 Å². The topological polar surface area (TPSA) is 40.5 Å². The van der Waals surface area contributed by atoms with E-state index in [1.807, 2.05) is 54.6 Å². The number of hydrogen-bond acceptors (Lipinski definition) is 2. The second-order valence-corrected chi connectivity index (χ2v) is 5.25. The van der Waals surface area contributed by atoms with Crippen molar-refractivity contribution in [3.63, 3.8) is 0 Å². The first-order valence-corrected chi connectivity index (χ1v) is 7.37. The highest BCUT2D eigenvalue weighted by Gasteiger charge is 2.09. The van der Waals surface area contributed by atoms with Crippen LogP contribution in [0.3, 0.4) is 0 Å². The molecule has 2 aromatic rings. The highest BCUT2D eigenvalue weighted by Crippen LogP contribution is 2.11. The lowest BCUT2D eigenvalue weighted by Crippen LogP contribution is -2.16. The van der Waals surface area contributed by atoms with E-state index in [1.165, 1.54) is 5.56 Å². The smallest absolute Gasteiger partial charge is 0.0748 e. The molecule has 21 heavy (non-hydrogen) atoms. The van der Waals surface area contributed by atoms with Crippen LogP contribution in [0, 0.1) is 0 Å². The maximum absolute atomic E-state index is 9.98. The Morgan fingerprint density at radius 1 is 0.857 bits per heavy atom. The highest BCUT2D eigenvalue weighted by molar-refractivity contribution is 5.49. The summed E-state index contributed by atoms with van der Waals surface area (Å²) < 4.78 is 0. The normalized spacial score (nSPS) is 14.2. The van der Waals surface area contributed by atoms with Crippen molar-refractivity contribution in [1.29, 1.82) is 0 Å². The van der Waals surface area contributed by atoms with Crippen molar-refractivity contribution >= 4 is 6.08 Å². The van der Waals surface area contributed by atoms with Gasteiger partial charge < -0.3 is 10.2 Å². The van der Waals surface area contributed by atoms with E-state index in [9.17, 15) is 10.2 Å². The summed E-state index contributed by atoms with van der Waals surface area (Å²) in [6.07, 6.45) is 4.39. The van der Waals surface area contributed by atoms with E-state index >= 15 is 0 Å². The average Bonchev–Trinajstić information content (AvgIpc) is 2.53. The monoisotopic (exact) mass is 282 g/mol. The van der Waals surface area contributed by atoms with E-state index in [-0.39, 0.29) is 0 Å². The van der Waals surface area contributed by atoms with Gasteiger partial charge >= 0.3 is 0 Å². The molecule has 2 atom stereocenters. The van der Waals surface area contributed by atoms with E-state index in [4.69, 9.17) is 0 Å². The fourth-order valence-corrected chi connectivity index (χ4v) is 2.24. The highest BCUT2D eigenvalue weighted by atomic mass is 16.3. The van der Waals surface area contributed by atoms with E-state index in [0.717, 1.165) is 12.0 Å². The largest absolute Gasteiger partial charge is 0.393 e. The van der Waals surface area contributed by atoms with Crippen molar-refractivity contribution in [1.82, 2.24) is 0 Å². The number of aliphatic hydroxyl groups is 2. The van der Waals surface area contributed by atoms with Crippen LogP contribution in [0.5, 0.6) is 0 Å². The minimum atomic E-state index is -0.615. The first kappa shape index (κ1) is 15.5. The molecule has 0 amide bonds. The van der Waals surface area contributed by atoms with Crippen LogP contribution in [-0.4, -0.2) is 22.4 Å². The molecule has 2 aromatic carbocycles. The molecular formula is C19H22O2. The third-order valence-electron chi connectivity index (χ3n) is 3.43. The second-order valence-electron chi connectivity index (χ2n) is 5.25. The van der Waals surface area contributed by atoms with Gasteiger partial charge in [0, 0.05) is 6.42 Å². The van der Waals surface area contributed by atoms with Gasteiger partial charge in [-0.25, -0.2) is 0 Å². The summed E-state index contributed by atoms with van der Waals surface area (Å²) in [5.74, 6) is 0. The lowest BCUT2D eigenvalue weighted by Gasteiger charge is -2.13. The van der Waals surface area contributed by atoms with Crippen LogP contribution >= 0.6 is 0 Å². The Balaban J connectivity index is 1.74. The van der Waals surface area contributed by atoms with Crippen LogP contribution in [0.4, 0.5) is 0 Å². The predicted molar refractivity (Wildman–Crippen MR) is 86.9 cm³/mol. The molecule has 2 rings (SSSR count). The quantitative estimate of drug-likeness (QED) is 0.816. The van der Waals surface area contributed by atoms with E-state index in [0.29, 0.717) is 12.8 Å². The maximum Gasteiger partial charge on any atom is 0.0748 e. The molecule has 0 aliphatic heterocycles. The lowest BCUT2D eigenvalue weighted by molar-refractivity contribution is 0.0983. The standard InChI is InChI=1S/C19H22O2/c20-18(13-11-16-7-3-1-4-8-16)15-19(21)14-12-17-9-5-2-6-10-17/h1-11,13,18-21H,12,14-15H2/b13-11+. The Hall–Kier alpha value is -1.90. The van der Waals surface area contributed by atoms with E-state index < -0.39 is 12.2 Å². The van der Waals surface area contributed by atoms with E-state index in [1.54, 1.807) is 6.08 Å². The van der Waals surface area contributed by atoms with Crippen molar-refractivity contribution < 1.29 is 10.2 Å². The van der Waals surface area contributed by atoms with Gasteiger partial charge in [-0.05, 0) is 24.0 Å². The van der Waals surface area contributed by atoms with Gasteiger partial charge in [-0.3, -0.25) is 0 Å². The molecule has 2 unspecified atom stereocenters. The molecule has 0 bridgehead atoms. The zero-order chi connectivity index (χ0) is 14.9. The summed E-state index contributed by atoms with van der Waals surface area (Å²) in [5, 5.41) is 19.9. The summed E-state index contributed by atoms with van der Waals surface area (Å²) in [5.41, 5.74) is 2.26. The molecule has 0 saturated carbocycles. The summed E-state index contributed by atoms with van der Waals surface area (Å²) in [7, 11) is 0. The second kappa shape index (κ2) is 8.40. The average molecular weight is 282 g/mol. The molecule has 0 fully saturated rings. The molecule has 0 aliphatic carbocycles. The zero-order valence-electron chi connectivity index (χ0n) is 12.1. The van der Waals surface area contributed by atoms with Crippen molar-refractivity contribution in [3.05, 3.63) is 77.9 Å². The first-order chi connectivity index (χ1) is 10.2. The van der Waals surface area contributed by atoms with Crippen LogP contribution in [0.15, 0.2) is 66.7 Å². The Morgan fingerprint density at radius 3 is 2.14 bits per heavy atom. The molecule has 0 heterocycles. The molecule has 2 N–H and O–H groups in total. The van der Waals surface area contributed by atoms with Gasteiger partial charge in [-0.2, -0.15) is 0 Å². The van der Waals surface area contributed by atoms with Crippen LogP contribution in [-0.2, 0) is 6.42 Å². The first-order valence-electron chi connectivity index (χ1n) is 7.37. The number of aryl methyl sites for hydroxylation is 1.